The largest absolute Gasteiger partial charge is 0.252 e. The van der Waals surface area contributed by atoms with Crippen LogP contribution in [-0.2, 0) is 0 Å². The number of hydrogen-bond donors (Lipinski definition) is 0. The second-order valence-electron chi connectivity index (χ2n) is 2.80. The van der Waals surface area contributed by atoms with Crippen LogP contribution >= 0.6 is 11.8 Å². The fraction of sp³-hybridized carbons (Fsp3) is 0.0909. The first-order valence-corrected chi connectivity index (χ1v) is 5.34. The Bertz CT molecular complexity index is 454. The first-order chi connectivity index (χ1) is 6.90. The van der Waals surface area contributed by atoms with Crippen molar-refractivity contribution in [1.82, 2.24) is 9.97 Å². The Morgan fingerprint density at radius 2 is 2.07 bits per heavy atom. The fourth-order valence-corrected chi connectivity index (χ4v) is 1.73. The molecule has 0 N–H and O–H groups in total. The molecule has 0 atom stereocenters. The van der Waals surface area contributed by atoms with Gasteiger partial charge in [-0.25, -0.2) is 4.98 Å². The quantitative estimate of drug-likeness (QED) is 0.565. The standard InChI is InChI=1S/C11H10N2S/c1-2-7-14-11-8-12-9-5-3-4-6-10(9)13-11/h2-6,8H,1,7H2. The number of rotatable bonds is 3. The SMILES string of the molecule is C=CCSc1cnc2ccccc2n1. The normalized spacial score (nSPS) is 10.3. The van der Waals surface area contributed by atoms with Crippen molar-refractivity contribution in [2.45, 2.75) is 5.03 Å². The topological polar surface area (TPSA) is 25.8 Å². The number of hydrogen-bond acceptors (Lipinski definition) is 3. The first kappa shape index (κ1) is 9.21. The van der Waals surface area contributed by atoms with Crippen molar-refractivity contribution in [1.29, 1.82) is 0 Å². The third-order valence-electron chi connectivity index (χ3n) is 1.78. The van der Waals surface area contributed by atoms with E-state index in [-0.39, 0.29) is 0 Å². The lowest BCUT2D eigenvalue weighted by Crippen LogP contribution is -1.86. The molecule has 0 amide bonds. The van der Waals surface area contributed by atoms with E-state index >= 15 is 0 Å². The summed E-state index contributed by atoms with van der Waals surface area (Å²) in [6.07, 6.45) is 3.66. The van der Waals surface area contributed by atoms with E-state index in [0.717, 1.165) is 21.8 Å². The molecule has 0 aliphatic carbocycles. The van der Waals surface area contributed by atoms with Crippen molar-refractivity contribution in [3.63, 3.8) is 0 Å². The molecule has 0 saturated heterocycles. The van der Waals surface area contributed by atoms with Gasteiger partial charge < -0.3 is 0 Å². The van der Waals surface area contributed by atoms with E-state index in [0.29, 0.717) is 0 Å². The molecule has 0 aliphatic heterocycles. The summed E-state index contributed by atoms with van der Waals surface area (Å²) < 4.78 is 0. The molecule has 0 aliphatic rings. The van der Waals surface area contributed by atoms with Gasteiger partial charge in [0, 0.05) is 5.75 Å². The summed E-state index contributed by atoms with van der Waals surface area (Å²) in [6.45, 7) is 3.67. The Balaban J connectivity index is 2.36. The summed E-state index contributed by atoms with van der Waals surface area (Å²) in [7, 11) is 0. The van der Waals surface area contributed by atoms with Gasteiger partial charge in [-0.15, -0.1) is 18.3 Å². The maximum absolute atomic E-state index is 4.47. The lowest BCUT2D eigenvalue weighted by molar-refractivity contribution is 1.12. The molecule has 1 heterocycles. The van der Waals surface area contributed by atoms with E-state index in [1.807, 2.05) is 30.3 Å². The molecule has 0 spiro atoms. The maximum atomic E-state index is 4.47. The summed E-state index contributed by atoms with van der Waals surface area (Å²) in [6, 6.07) is 7.87. The van der Waals surface area contributed by atoms with Crippen molar-refractivity contribution in [3.8, 4) is 0 Å². The van der Waals surface area contributed by atoms with Crippen LogP contribution < -0.4 is 0 Å². The van der Waals surface area contributed by atoms with E-state index < -0.39 is 0 Å². The van der Waals surface area contributed by atoms with Crippen molar-refractivity contribution < 1.29 is 0 Å². The number of para-hydroxylation sites is 2. The highest BCUT2D eigenvalue weighted by Crippen LogP contribution is 2.17. The van der Waals surface area contributed by atoms with Crippen LogP contribution in [0, 0.1) is 0 Å². The van der Waals surface area contributed by atoms with Crippen LogP contribution in [-0.4, -0.2) is 15.7 Å². The van der Waals surface area contributed by atoms with Gasteiger partial charge in [0.2, 0.25) is 0 Å². The van der Waals surface area contributed by atoms with E-state index in [2.05, 4.69) is 16.5 Å². The Labute approximate surface area is 87.1 Å². The molecule has 1 aromatic heterocycles. The second-order valence-corrected chi connectivity index (χ2v) is 3.84. The average molecular weight is 202 g/mol. The fourth-order valence-electron chi connectivity index (χ4n) is 1.15. The van der Waals surface area contributed by atoms with Crippen LogP contribution in [0.5, 0.6) is 0 Å². The van der Waals surface area contributed by atoms with Gasteiger partial charge in [-0.2, -0.15) is 0 Å². The molecule has 14 heavy (non-hydrogen) atoms. The molecule has 0 radical (unpaired) electrons. The minimum Gasteiger partial charge on any atom is -0.252 e. The van der Waals surface area contributed by atoms with Crippen LogP contribution in [0.3, 0.4) is 0 Å². The van der Waals surface area contributed by atoms with Crippen LogP contribution in [0.1, 0.15) is 0 Å². The molecule has 0 saturated carbocycles. The zero-order chi connectivity index (χ0) is 9.80. The van der Waals surface area contributed by atoms with Gasteiger partial charge in [0.05, 0.1) is 17.2 Å². The molecule has 1 aromatic carbocycles. The Morgan fingerprint density at radius 1 is 1.29 bits per heavy atom. The van der Waals surface area contributed by atoms with Crippen molar-refractivity contribution in [2.24, 2.45) is 0 Å². The highest BCUT2D eigenvalue weighted by Gasteiger charge is 1.97. The molecule has 70 valence electrons. The molecule has 0 unspecified atom stereocenters. The van der Waals surface area contributed by atoms with Crippen molar-refractivity contribution in [3.05, 3.63) is 43.1 Å². The molecular formula is C11H10N2S. The number of benzene rings is 1. The van der Waals surface area contributed by atoms with Crippen LogP contribution in [0.4, 0.5) is 0 Å². The smallest absolute Gasteiger partial charge is 0.115 e. The van der Waals surface area contributed by atoms with Gasteiger partial charge in [0.25, 0.3) is 0 Å². The van der Waals surface area contributed by atoms with Gasteiger partial charge in [0.1, 0.15) is 5.03 Å². The van der Waals surface area contributed by atoms with Crippen LogP contribution in [0.2, 0.25) is 0 Å². The highest BCUT2D eigenvalue weighted by molar-refractivity contribution is 7.99. The zero-order valence-corrected chi connectivity index (χ0v) is 8.50. The number of fused-ring (bicyclic) bond motifs is 1. The summed E-state index contributed by atoms with van der Waals surface area (Å²) in [5.41, 5.74) is 1.89. The summed E-state index contributed by atoms with van der Waals surface area (Å²) >= 11 is 1.64. The van der Waals surface area contributed by atoms with Crippen molar-refractivity contribution >= 4 is 22.8 Å². The number of nitrogens with zero attached hydrogens (tertiary/aromatic N) is 2. The van der Waals surface area contributed by atoms with Gasteiger partial charge in [-0.1, -0.05) is 18.2 Å². The van der Waals surface area contributed by atoms with Gasteiger partial charge in [-0.05, 0) is 12.1 Å². The second kappa shape index (κ2) is 4.24. The van der Waals surface area contributed by atoms with Crippen LogP contribution in [0.15, 0.2) is 48.1 Å². The third kappa shape index (κ3) is 1.93. The maximum Gasteiger partial charge on any atom is 0.115 e. The highest BCUT2D eigenvalue weighted by atomic mass is 32.2. The molecular weight excluding hydrogens is 192 g/mol. The minimum atomic E-state index is 0.868. The first-order valence-electron chi connectivity index (χ1n) is 4.35. The Kier molecular flexibility index (Phi) is 2.79. The van der Waals surface area contributed by atoms with E-state index in [4.69, 9.17) is 0 Å². The zero-order valence-electron chi connectivity index (χ0n) is 7.68. The average Bonchev–Trinajstić information content (AvgIpc) is 2.26. The van der Waals surface area contributed by atoms with Gasteiger partial charge >= 0.3 is 0 Å². The summed E-state index contributed by atoms with van der Waals surface area (Å²) in [5, 5.41) is 0.948. The van der Waals surface area contributed by atoms with Crippen molar-refractivity contribution in [2.75, 3.05) is 5.75 Å². The monoisotopic (exact) mass is 202 g/mol. The van der Waals surface area contributed by atoms with E-state index in [1.54, 1.807) is 18.0 Å². The number of aromatic nitrogens is 2. The number of thioether (sulfide) groups is 1. The summed E-state index contributed by atoms with van der Waals surface area (Å²) in [5.74, 6) is 0.868. The predicted octanol–water partition coefficient (Wildman–Crippen LogP) is 2.91. The van der Waals surface area contributed by atoms with Gasteiger partial charge in [-0.3, -0.25) is 4.98 Å². The summed E-state index contributed by atoms with van der Waals surface area (Å²) in [4.78, 5) is 8.78. The Morgan fingerprint density at radius 3 is 2.86 bits per heavy atom. The molecule has 2 aromatic rings. The van der Waals surface area contributed by atoms with Crippen LogP contribution in [0.25, 0.3) is 11.0 Å². The molecule has 0 fully saturated rings. The predicted molar refractivity (Wildman–Crippen MR) is 60.5 cm³/mol. The molecule has 0 bridgehead atoms. The minimum absolute atomic E-state index is 0.868. The lowest BCUT2D eigenvalue weighted by atomic mass is 10.3. The third-order valence-corrected chi connectivity index (χ3v) is 2.67. The van der Waals surface area contributed by atoms with E-state index in [1.165, 1.54) is 0 Å². The van der Waals surface area contributed by atoms with Gasteiger partial charge in [0.15, 0.2) is 0 Å². The Hall–Kier alpha value is -1.35. The lowest BCUT2D eigenvalue weighted by Gasteiger charge is -1.99. The molecule has 3 heteroatoms. The molecule has 2 nitrogen and oxygen atoms in total. The molecule has 2 rings (SSSR count). The van der Waals surface area contributed by atoms with E-state index in [9.17, 15) is 0 Å².